The van der Waals surface area contributed by atoms with E-state index in [0.717, 1.165) is 16.2 Å². The Kier molecular flexibility index (Phi) is 2.34. The smallest absolute Gasteiger partial charge is 0.142 e. The number of aromatic nitrogens is 1. The first-order valence-corrected chi connectivity index (χ1v) is 3.69. The van der Waals surface area contributed by atoms with Crippen molar-refractivity contribution in [2.45, 2.75) is 6.92 Å². The molecule has 1 rings (SSSR count). The molecule has 3 heteroatoms. The zero-order valence-corrected chi connectivity index (χ0v) is 6.39. The lowest BCUT2D eigenvalue weighted by atomic mass is 10.5. The summed E-state index contributed by atoms with van der Waals surface area (Å²) in [4.78, 5) is 14.9. The molecule has 0 saturated carbocycles. The Balaban J connectivity index is 2.75. The molecule has 0 saturated heterocycles. The minimum Gasteiger partial charge on any atom is -0.299 e. The van der Waals surface area contributed by atoms with Crippen LogP contribution in [0.25, 0.3) is 6.08 Å². The summed E-state index contributed by atoms with van der Waals surface area (Å²) in [5.74, 6) is 0. The minimum absolute atomic E-state index is 0.759. The molecule has 0 bridgehead atoms. The van der Waals surface area contributed by atoms with Crippen molar-refractivity contribution in [1.29, 1.82) is 0 Å². The van der Waals surface area contributed by atoms with Gasteiger partial charge in [0.25, 0.3) is 0 Å². The van der Waals surface area contributed by atoms with E-state index in [4.69, 9.17) is 0 Å². The van der Waals surface area contributed by atoms with Crippen LogP contribution in [-0.2, 0) is 4.79 Å². The summed E-state index contributed by atoms with van der Waals surface area (Å²) in [5, 5.41) is 1.02. The lowest BCUT2D eigenvalue weighted by molar-refractivity contribution is -0.104. The Morgan fingerprint density at radius 2 is 2.50 bits per heavy atom. The fourth-order valence-electron chi connectivity index (χ4n) is 0.589. The number of rotatable bonds is 2. The fraction of sp³-hybridized carbons (Fsp3) is 0.143. The lowest BCUT2D eigenvalue weighted by Crippen LogP contribution is -1.59. The number of aldehydes is 1. The predicted molar refractivity (Wildman–Crippen MR) is 41.9 cm³/mol. The van der Waals surface area contributed by atoms with Crippen LogP contribution < -0.4 is 0 Å². The monoisotopic (exact) mass is 153 g/mol. The maximum atomic E-state index is 9.88. The molecule has 0 aliphatic rings. The van der Waals surface area contributed by atoms with E-state index in [2.05, 4.69) is 4.98 Å². The molecule has 0 amide bonds. The summed E-state index contributed by atoms with van der Waals surface area (Å²) in [6.45, 7) is 1.93. The van der Waals surface area contributed by atoms with Crippen LogP contribution >= 0.6 is 11.3 Å². The molecular formula is C7H7NOS. The Morgan fingerprint density at radius 3 is 3.00 bits per heavy atom. The molecule has 0 N–H and O–H groups in total. The Bertz CT molecular complexity index is 252. The molecular weight excluding hydrogens is 146 g/mol. The first-order valence-electron chi connectivity index (χ1n) is 2.87. The van der Waals surface area contributed by atoms with Crippen molar-refractivity contribution in [3.05, 3.63) is 22.2 Å². The van der Waals surface area contributed by atoms with Gasteiger partial charge in [0.15, 0.2) is 0 Å². The molecule has 2 nitrogen and oxygen atoms in total. The van der Waals surface area contributed by atoms with E-state index in [1.807, 2.05) is 6.92 Å². The number of carbonyl (C=O) groups excluding carboxylic acids is 1. The first-order chi connectivity index (χ1) is 4.83. The first kappa shape index (κ1) is 7.15. The highest BCUT2D eigenvalue weighted by molar-refractivity contribution is 7.12. The Labute approximate surface area is 63.2 Å². The number of hydrogen-bond donors (Lipinski definition) is 0. The number of aryl methyl sites for hydroxylation is 1. The third kappa shape index (κ3) is 1.77. The molecule has 52 valence electrons. The molecule has 0 atom stereocenters. The van der Waals surface area contributed by atoms with E-state index in [0.29, 0.717) is 0 Å². The van der Waals surface area contributed by atoms with Crippen LogP contribution in [0.15, 0.2) is 12.3 Å². The molecule has 1 aromatic heterocycles. The quantitative estimate of drug-likeness (QED) is 0.477. The normalized spacial score (nSPS) is 10.5. The van der Waals surface area contributed by atoms with Gasteiger partial charge in [0.1, 0.15) is 6.29 Å². The molecule has 1 heterocycles. The van der Waals surface area contributed by atoms with Gasteiger partial charge >= 0.3 is 0 Å². The van der Waals surface area contributed by atoms with Crippen molar-refractivity contribution in [2.24, 2.45) is 0 Å². The van der Waals surface area contributed by atoms with Gasteiger partial charge in [-0.3, -0.25) is 4.79 Å². The van der Waals surface area contributed by atoms with Crippen LogP contribution in [0.2, 0.25) is 0 Å². The molecule has 1 aromatic rings. The largest absolute Gasteiger partial charge is 0.299 e. The minimum atomic E-state index is 0.759. The molecule has 0 fully saturated rings. The summed E-state index contributed by atoms with van der Waals surface area (Å²) in [6.07, 6.45) is 5.72. The highest BCUT2D eigenvalue weighted by Crippen LogP contribution is 2.12. The Hall–Kier alpha value is -0.960. The topological polar surface area (TPSA) is 30.0 Å². The molecule has 10 heavy (non-hydrogen) atoms. The van der Waals surface area contributed by atoms with Crippen molar-refractivity contribution >= 4 is 23.7 Å². The summed E-state index contributed by atoms with van der Waals surface area (Å²) in [7, 11) is 0. The highest BCUT2D eigenvalue weighted by atomic mass is 32.1. The molecule has 0 aliphatic carbocycles. The standard InChI is InChI=1S/C7H7NOS/c1-6-8-5-7(10-6)3-2-4-9/h2-5H,1H3. The SMILES string of the molecule is Cc1ncc(C=CC=O)s1. The van der Waals surface area contributed by atoms with Gasteiger partial charge in [-0.2, -0.15) is 0 Å². The zero-order valence-electron chi connectivity index (χ0n) is 5.57. The maximum absolute atomic E-state index is 9.88. The number of nitrogens with zero attached hydrogens (tertiary/aromatic N) is 1. The fourth-order valence-corrected chi connectivity index (χ4v) is 1.29. The third-order valence-electron chi connectivity index (χ3n) is 0.978. The molecule has 0 radical (unpaired) electrons. The van der Waals surface area contributed by atoms with Gasteiger partial charge in [-0.05, 0) is 19.1 Å². The van der Waals surface area contributed by atoms with Crippen molar-refractivity contribution in [3.8, 4) is 0 Å². The van der Waals surface area contributed by atoms with Crippen LogP contribution in [0, 0.1) is 6.92 Å². The van der Waals surface area contributed by atoms with Crippen LogP contribution in [-0.4, -0.2) is 11.3 Å². The van der Waals surface area contributed by atoms with Crippen molar-refractivity contribution in [1.82, 2.24) is 4.98 Å². The van der Waals surface area contributed by atoms with Crippen molar-refractivity contribution < 1.29 is 4.79 Å². The summed E-state index contributed by atoms with van der Waals surface area (Å²) in [5.41, 5.74) is 0. The molecule has 0 aliphatic heterocycles. The molecule has 0 aromatic carbocycles. The Morgan fingerprint density at radius 1 is 1.70 bits per heavy atom. The van der Waals surface area contributed by atoms with Gasteiger partial charge in [0.2, 0.25) is 0 Å². The van der Waals surface area contributed by atoms with Crippen LogP contribution in [0.4, 0.5) is 0 Å². The van der Waals surface area contributed by atoms with Gasteiger partial charge in [-0.15, -0.1) is 11.3 Å². The average Bonchev–Trinajstić information content (AvgIpc) is 2.31. The second-order valence-electron chi connectivity index (χ2n) is 1.78. The number of allylic oxidation sites excluding steroid dienone is 1. The zero-order chi connectivity index (χ0) is 7.40. The van der Waals surface area contributed by atoms with E-state index in [9.17, 15) is 4.79 Å². The molecule has 0 spiro atoms. The van der Waals surface area contributed by atoms with Gasteiger partial charge in [0.05, 0.1) is 5.01 Å². The number of carbonyl (C=O) groups is 1. The summed E-state index contributed by atoms with van der Waals surface area (Å²) >= 11 is 1.57. The third-order valence-corrected chi connectivity index (χ3v) is 1.86. The number of thiazole rings is 1. The second kappa shape index (κ2) is 3.27. The van der Waals surface area contributed by atoms with E-state index in [1.165, 1.54) is 6.08 Å². The lowest BCUT2D eigenvalue weighted by Gasteiger charge is -1.74. The van der Waals surface area contributed by atoms with Crippen LogP contribution in [0.1, 0.15) is 9.88 Å². The van der Waals surface area contributed by atoms with E-state index in [-0.39, 0.29) is 0 Å². The highest BCUT2D eigenvalue weighted by Gasteiger charge is 1.90. The average molecular weight is 153 g/mol. The maximum Gasteiger partial charge on any atom is 0.142 e. The van der Waals surface area contributed by atoms with Crippen molar-refractivity contribution in [3.63, 3.8) is 0 Å². The van der Waals surface area contributed by atoms with Crippen LogP contribution in [0.3, 0.4) is 0 Å². The van der Waals surface area contributed by atoms with E-state index < -0.39 is 0 Å². The molecule has 0 unspecified atom stereocenters. The van der Waals surface area contributed by atoms with Gasteiger partial charge in [-0.1, -0.05) is 0 Å². The van der Waals surface area contributed by atoms with Crippen molar-refractivity contribution in [2.75, 3.05) is 0 Å². The van der Waals surface area contributed by atoms with Gasteiger partial charge < -0.3 is 0 Å². The number of hydrogen-bond acceptors (Lipinski definition) is 3. The van der Waals surface area contributed by atoms with Gasteiger partial charge in [0, 0.05) is 11.1 Å². The van der Waals surface area contributed by atoms with E-state index in [1.54, 1.807) is 23.6 Å². The second-order valence-corrected chi connectivity index (χ2v) is 3.04. The van der Waals surface area contributed by atoms with E-state index >= 15 is 0 Å². The van der Waals surface area contributed by atoms with Crippen LogP contribution in [0.5, 0.6) is 0 Å². The summed E-state index contributed by atoms with van der Waals surface area (Å²) in [6, 6.07) is 0. The van der Waals surface area contributed by atoms with Gasteiger partial charge in [-0.25, -0.2) is 4.98 Å². The predicted octanol–water partition coefficient (Wildman–Crippen LogP) is 1.66. The summed E-state index contributed by atoms with van der Waals surface area (Å²) < 4.78 is 0.